The topological polar surface area (TPSA) is 235 Å². The number of carbonyl (C=O) groups is 4. The van der Waals surface area contributed by atoms with Crippen LogP contribution in [0.5, 0.6) is 0 Å². The Labute approximate surface area is 279 Å². The van der Waals surface area contributed by atoms with E-state index in [1.54, 1.807) is 25.1 Å². The molecule has 0 saturated heterocycles. The molecule has 49 heavy (non-hydrogen) atoms. The minimum atomic E-state index is -2.51. The van der Waals surface area contributed by atoms with Gasteiger partial charge in [-0.1, -0.05) is 42.8 Å². The summed E-state index contributed by atoms with van der Waals surface area (Å²) in [4.78, 5) is 64.8. The van der Waals surface area contributed by atoms with E-state index in [2.05, 4.69) is 4.84 Å². The standard InChI is InChI=1S/C33H39FN2O13/c1-30-9-8-21(37)11-20(30)6-7-22-23-12-25(38)33(43,31(23,2)13-26(39)32(22,30)34)27(40)17-46-28(41)24(35)16-48-29(42)47-14-18-4-3-5-19(10-18)15-49-36(44)45/h3-5,8-11,22-26,38-39,43H,6-7,12-17,35H2,1-2H3/t22-,23-,24?,25+,26-,30-,31-,32-,33-/m0/s1. The zero-order valence-electron chi connectivity index (χ0n) is 26.9. The molecule has 16 heteroatoms. The van der Waals surface area contributed by atoms with Gasteiger partial charge in [0.15, 0.2) is 23.7 Å². The first kappa shape index (κ1) is 36.0. The van der Waals surface area contributed by atoms with Crippen LogP contribution in [0, 0.1) is 32.8 Å². The zero-order chi connectivity index (χ0) is 35.9. The first-order valence-electron chi connectivity index (χ1n) is 15.8. The van der Waals surface area contributed by atoms with Crippen molar-refractivity contribution in [2.45, 2.75) is 82.3 Å². The van der Waals surface area contributed by atoms with Gasteiger partial charge in [0.05, 0.1) is 12.2 Å². The molecule has 0 aliphatic heterocycles. The van der Waals surface area contributed by atoms with Crippen LogP contribution in [0.4, 0.5) is 9.18 Å². The molecule has 0 radical (unpaired) electrons. The second-order valence-corrected chi connectivity index (χ2v) is 13.6. The fraction of sp³-hybridized carbons (Fsp3) is 0.576. The van der Waals surface area contributed by atoms with Crippen molar-refractivity contribution >= 4 is 23.7 Å². The highest BCUT2D eigenvalue weighted by atomic mass is 19.1. The van der Waals surface area contributed by atoms with Crippen LogP contribution in [0.1, 0.15) is 50.7 Å². The summed E-state index contributed by atoms with van der Waals surface area (Å²) < 4.78 is 32.1. The fourth-order valence-corrected chi connectivity index (χ4v) is 8.43. The number of benzene rings is 1. The predicted molar refractivity (Wildman–Crippen MR) is 163 cm³/mol. The minimum absolute atomic E-state index is 0.153. The Morgan fingerprint density at radius 3 is 2.49 bits per heavy atom. The highest BCUT2D eigenvalue weighted by molar-refractivity contribution is 6.01. The number of Topliss-reactive ketones (excluding diaryl/α,β-unsaturated/α-hetero) is 1. The molecular formula is C33H39FN2O13. The number of alkyl halides is 1. The van der Waals surface area contributed by atoms with Crippen LogP contribution in [0.15, 0.2) is 48.1 Å². The van der Waals surface area contributed by atoms with Crippen molar-refractivity contribution in [1.82, 2.24) is 0 Å². The lowest BCUT2D eigenvalue weighted by Gasteiger charge is -2.62. The van der Waals surface area contributed by atoms with Gasteiger partial charge >= 0.3 is 12.1 Å². The number of nitrogens with zero attached hydrogens (tertiary/aromatic N) is 1. The highest BCUT2D eigenvalue weighted by Gasteiger charge is 2.76. The number of esters is 1. The van der Waals surface area contributed by atoms with Crippen LogP contribution in [0.3, 0.4) is 0 Å². The van der Waals surface area contributed by atoms with Crippen LogP contribution in [0.2, 0.25) is 0 Å². The Kier molecular flexibility index (Phi) is 9.73. The zero-order valence-corrected chi connectivity index (χ0v) is 26.9. The van der Waals surface area contributed by atoms with Crippen LogP contribution in [-0.4, -0.2) is 86.8 Å². The molecule has 0 heterocycles. The summed E-state index contributed by atoms with van der Waals surface area (Å²) in [5.41, 5.74) is -0.326. The van der Waals surface area contributed by atoms with Gasteiger partial charge in [-0.25, -0.2) is 9.18 Å². The number of aliphatic hydroxyl groups is 3. The van der Waals surface area contributed by atoms with E-state index in [4.69, 9.17) is 19.9 Å². The Morgan fingerprint density at radius 1 is 1.10 bits per heavy atom. The van der Waals surface area contributed by atoms with Gasteiger partial charge in [0.2, 0.25) is 5.78 Å². The number of hydrogen-bond donors (Lipinski definition) is 4. The summed E-state index contributed by atoms with van der Waals surface area (Å²) in [6.07, 6.45) is -0.385. The Balaban J connectivity index is 1.16. The number of rotatable bonds is 11. The number of aliphatic hydroxyl groups excluding tert-OH is 2. The van der Waals surface area contributed by atoms with E-state index < -0.39 is 94.8 Å². The lowest BCUT2D eigenvalue weighted by molar-refractivity contribution is -0.763. The molecule has 3 saturated carbocycles. The van der Waals surface area contributed by atoms with Crippen molar-refractivity contribution in [1.29, 1.82) is 0 Å². The Morgan fingerprint density at radius 2 is 1.80 bits per heavy atom. The van der Waals surface area contributed by atoms with E-state index in [0.29, 0.717) is 23.1 Å². The van der Waals surface area contributed by atoms with Gasteiger partial charge in [-0.3, -0.25) is 14.4 Å². The van der Waals surface area contributed by atoms with Crippen LogP contribution < -0.4 is 5.73 Å². The van der Waals surface area contributed by atoms with Crippen LogP contribution in [-0.2, 0) is 46.6 Å². The molecule has 5 N–H and O–H groups in total. The number of fused-ring (bicyclic) bond motifs is 5. The average molecular weight is 691 g/mol. The summed E-state index contributed by atoms with van der Waals surface area (Å²) >= 11 is 0. The minimum Gasteiger partial charge on any atom is -0.456 e. The first-order valence-corrected chi connectivity index (χ1v) is 15.8. The van der Waals surface area contributed by atoms with Gasteiger partial charge in [0.25, 0.3) is 5.09 Å². The van der Waals surface area contributed by atoms with E-state index in [1.807, 2.05) is 0 Å². The first-order chi connectivity index (χ1) is 23.0. The van der Waals surface area contributed by atoms with Crippen molar-refractivity contribution in [3.8, 4) is 0 Å². The second-order valence-electron chi connectivity index (χ2n) is 13.6. The third kappa shape index (κ3) is 6.11. The fourth-order valence-electron chi connectivity index (χ4n) is 8.43. The number of halogens is 1. The normalized spacial score (nSPS) is 35.2. The van der Waals surface area contributed by atoms with Gasteiger partial charge < -0.3 is 40.1 Å². The Hall–Kier alpha value is -4.25. The second kappa shape index (κ2) is 13.2. The third-order valence-electron chi connectivity index (χ3n) is 11.0. The largest absolute Gasteiger partial charge is 0.508 e. The number of carbonyl (C=O) groups excluding carboxylic acids is 4. The maximum atomic E-state index is 17.3. The molecule has 0 bridgehead atoms. The van der Waals surface area contributed by atoms with Gasteiger partial charge in [-0.15, -0.1) is 10.1 Å². The number of ketones is 2. The molecule has 0 aromatic heterocycles. The van der Waals surface area contributed by atoms with Gasteiger partial charge in [0, 0.05) is 16.7 Å². The van der Waals surface area contributed by atoms with E-state index >= 15 is 4.39 Å². The van der Waals surface area contributed by atoms with E-state index in [1.165, 1.54) is 31.2 Å². The molecule has 4 aliphatic carbocycles. The summed E-state index contributed by atoms with van der Waals surface area (Å²) in [6.45, 7) is 0.838. The van der Waals surface area contributed by atoms with Crippen molar-refractivity contribution in [2.24, 2.45) is 28.4 Å². The molecule has 4 aliphatic rings. The maximum absolute atomic E-state index is 17.3. The molecule has 0 amide bonds. The molecule has 0 spiro atoms. The van der Waals surface area contributed by atoms with E-state index in [0.717, 1.165) is 0 Å². The molecular weight excluding hydrogens is 651 g/mol. The molecule has 15 nitrogen and oxygen atoms in total. The molecule has 266 valence electrons. The van der Waals surface area contributed by atoms with Crippen molar-refractivity contribution in [3.05, 3.63) is 69.3 Å². The third-order valence-corrected chi connectivity index (χ3v) is 11.0. The van der Waals surface area contributed by atoms with Gasteiger partial charge in [0.1, 0.15) is 25.9 Å². The SMILES string of the molecule is C[C@]12C=CC(=O)C=C1CC[C@H]1[C@@H]3C[C@@H](O)[C@](O)(C(=O)COC(=O)C(N)COC(=O)OCc4cccc(CO[N+](=O)[O-])c4)[C@@]3(C)C[C@H](O)[C@@]12F. The van der Waals surface area contributed by atoms with Crippen molar-refractivity contribution in [2.75, 3.05) is 13.2 Å². The van der Waals surface area contributed by atoms with Gasteiger partial charge in [-0.05, 0) is 61.8 Å². The predicted octanol–water partition coefficient (Wildman–Crippen LogP) is 1.56. The maximum Gasteiger partial charge on any atom is 0.508 e. The van der Waals surface area contributed by atoms with Crippen LogP contribution in [0.25, 0.3) is 0 Å². The van der Waals surface area contributed by atoms with Gasteiger partial charge in [-0.2, -0.15) is 0 Å². The average Bonchev–Trinajstić information content (AvgIpc) is 3.26. The van der Waals surface area contributed by atoms with E-state index in [-0.39, 0.29) is 31.8 Å². The summed E-state index contributed by atoms with van der Waals surface area (Å²) in [5, 5.41) is 43.7. The molecule has 1 unspecified atom stereocenters. The quantitative estimate of drug-likeness (QED) is 0.147. The van der Waals surface area contributed by atoms with Crippen molar-refractivity contribution < 1.29 is 63.0 Å². The number of hydrogen-bond acceptors (Lipinski definition) is 14. The summed E-state index contributed by atoms with van der Waals surface area (Å²) in [6, 6.07) is 4.68. The lowest BCUT2D eigenvalue weighted by Crippen LogP contribution is -2.69. The lowest BCUT2D eigenvalue weighted by atomic mass is 9.44. The number of nitrogens with two attached hydrogens (primary N) is 1. The molecule has 3 fully saturated rings. The highest BCUT2D eigenvalue weighted by Crippen LogP contribution is 2.69. The molecule has 1 aromatic rings. The smallest absolute Gasteiger partial charge is 0.456 e. The van der Waals surface area contributed by atoms with E-state index in [9.17, 15) is 44.6 Å². The molecule has 1 aromatic carbocycles. The summed E-state index contributed by atoms with van der Waals surface area (Å²) in [5.74, 6) is -4.13. The molecule has 5 rings (SSSR count). The van der Waals surface area contributed by atoms with Crippen LogP contribution >= 0.6 is 0 Å². The molecule has 9 atom stereocenters. The Bertz CT molecular complexity index is 1600. The van der Waals surface area contributed by atoms with Crippen molar-refractivity contribution in [3.63, 3.8) is 0 Å². The number of ether oxygens (including phenoxy) is 3. The summed E-state index contributed by atoms with van der Waals surface area (Å²) in [7, 11) is 0. The number of allylic oxidation sites excluding steroid dienone is 4. The monoisotopic (exact) mass is 690 g/mol.